The van der Waals surface area contributed by atoms with Crippen LogP contribution in [0.2, 0.25) is 0 Å². The fraction of sp³-hybridized carbons (Fsp3) is 0.419. The van der Waals surface area contributed by atoms with Crippen molar-refractivity contribution in [1.29, 1.82) is 0 Å². The minimum absolute atomic E-state index is 0.305. The maximum absolute atomic E-state index is 8.53. The monoisotopic (exact) mass is 545 g/mol. The Balaban J connectivity index is 1.33. The maximum Gasteiger partial charge on any atom is 0.229 e. The first kappa shape index (κ1) is 28.1. The first-order valence-electron chi connectivity index (χ1n) is 13.6. The number of ether oxygens (including phenoxy) is 6. The zero-order valence-electron chi connectivity index (χ0n) is 22.8. The van der Waals surface area contributed by atoms with Crippen LogP contribution in [0.1, 0.15) is 30.5 Å². The number of benzene rings is 3. The van der Waals surface area contributed by atoms with Gasteiger partial charge >= 0.3 is 0 Å². The SMILES string of the molecule is CC1(C)O[C@@H]2C(OCc3ccccc3)[C@H](Oc3ccc(CCN=[N+]=[N-])cc3)OC(COCc3ccccc3)[C@@H]2O1. The molecule has 0 aliphatic carbocycles. The molecular formula is C31H35N3O6. The quantitative estimate of drug-likeness (QED) is 0.158. The average molecular weight is 546 g/mol. The molecule has 2 aliphatic heterocycles. The van der Waals surface area contributed by atoms with Gasteiger partial charge in [0.05, 0.1) is 19.8 Å². The molecule has 2 heterocycles. The minimum Gasteiger partial charge on any atom is -0.462 e. The summed E-state index contributed by atoms with van der Waals surface area (Å²) < 4.78 is 38.1. The van der Waals surface area contributed by atoms with Gasteiger partial charge < -0.3 is 28.4 Å². The van der Waals surface area contributed by atoms with E-state index >= 15 is 0 Å². The van der Waals surface area contributed by atoms with Gasteiger partial charge in [0.25, 0.3) is 0 Å². The lowest BCUT2D eigenvalue weighted by Gasteiger charge is -2.41. The molecule has 2 unspecified atom stereocenters. The Hall–Kier alpha value is -3.43. The van der Waals surface area contributed by atoms with Crippen molar-refractivity contribution in [2.45, 2.75) is 70.0 Å². The minimum atomic E-state index is -0.812. The van der Waals surface area contributed by atoms with Crippen LogP contribution in [0.3, 0.4) is 0 Å². The number of hydrogen-bond acceptors (Lipinski definition) is 7. The molecule has 40 heavy (non-hydrogen) atoms. The van der Waals surface area contributed by atoms with E-state index in [2.05, 4.69) is 10.0 Å². The zero-order chi connectivity index (χ0) is 27.8. The number of nitrogens with zero attached hydrogens (tertiary/aromatic N) is 3. The molecule has 0 spiro atoms. The second-order valence-electron chi connectivity index (χ2n) is 10.3. The van der Waals surface area contributed by atoms with E-state index in [1.165, 1.54) is 0 Å². The third-order valence-corrected chi connectivity index (χ3v) is 6.85. The largest absolute Gasteiger partial charge is 0.462 e. The Morgan fingerprint density at radius 2 is 1.48 bits per heavy atom. The highest BCUT2D eigenvalue weighted by Gasteiger charge is 2.56. The molecule has 3 aromatic rings. The predicted octanol–water partition coefficient (Wildman–Crippen LogP) is 5.97. The first-order chi connectivity index (χ1) is 19.5. The van der Waals surface area contributed by atoms with E-state index in [1.807, 2.05) is 98.8 Å². The highest BCUT2D eigenvalue weighted by molar-refractivity contribution is 5.28. The van der Waals surface area contributed by atoms with Gasteiger partial charge in [-0.2, -0.15) is 0 Å². The molecule has 0 saturated carbocycles. The molecule has 0 bridgehead atoms. The van der Waals surface area contributed by atoms with E-state index < -0.39 is 36.5 Å². The number of fused-ring (bicyclic) bond motifs is 1. The van der Waals surface area contributed by atoms with Crippen LogP contribution >= 0.6 is 0 Å². The smallest absolute Gasteiger partial charge is 0.229 e. The highest BCUT2D eigenvalue weighted by atomic mass is 16.8. The molecule has 0 amide bonds. The van der Waals surface area contributed by atoms with Gasteiger partial charge in [-0.05, 0) is 54.6 Å². The molecule has 5 atom stereocenters. The molecular weight excluding hydrogens is 510 g/mol. The van der Waals surface area contributed by atoms with Gasteiger partial charge in [0.1, 0.15) is 30.2 Å². The number of hydrogen-bond donors (Lipinski definition) is 0. The molecule has 5 rings (SSSR count). The number of azide groups is 1. The van der Waals surface area contributed by atoms with Crippen LogP contribution < -0.4 is 4.74 Å². The predicted molar refractivity (Wildman–Crippen MR) is 148 cm³/mol. The fourth-order valence-corrected chi connectivity index (χ4v) is 4.97. The Bertz CT molecular complexity index is 1250. The van der Waals surface area contributed by atoms with Gasteiger partial charge in [0.15, 0.2) is 5.79 Å². The molecule has 210 valence electrons. The summed E-state index contributed by atoms with van der Waals surface area (Å²) in [5.74, 6) is -0.181. The standard InChI is InChI=1S/C31H35N3O6/c1-31(2)39-27-26(21-35-19-23-9-5-3-6-10-23)38-30(37-25-15-13-22(14-16-25)17-18-33-34-32)29(28(27)40-31)36-20-24-11-7-4-8-12-24/h3-16,26-30H,17-21H2,1-2H3/t26?,27-,28-,29?,30+/m0/s1. The van der Waals surface area contributed by atoms with Crippen LogP contribution in [0, 0.1) is 0 Å². The molecule has 0 aromatic heterocycles. The average Bonchev–Trinajstić information content (AvgIpc) is 3.30. The number of rotatable bonds is 12. The van der Waals surface area contributed by atoms with Gasteiger partial charge in [0, 0.05) is 11.5 Å². The Labute approximate surface area is 234 Å². The van der Waals surface area contributed by atoms with Crippen LogP contribution in [-0.4, -0.2) is 49.6 Å². The normalized spacial score (nSPS) is 25.1. The molecule has 2 aliphatic rings. The summed E-state index contributed by atoms with van der Waals surface area (Å²) in [5.41, 5.74) is 11.7. The Morgan fingerprint density at radius 3 is 2.15 bits per heavy atom. The zero-order valence-corrected chi connectivity index (χ0v) is 22.8. The van der Waals surface area contributed by atoms with Crippen LogP contribution in [0.25, 0.3) is 10.4 Å². The van der Waals surface area contributed by atoms with Crippen molar-refractivity contribution in [3.8, 4) is 5.75 Å². The van der Waals surface area contributed by atoms with Crippen molar-refractivity contribution < 1.29 is 28.4 Å². The maximum atomic E-state index is 8.53. The molecule has 9 heteroatoms. The summed E-state index contributed by atoms with van der Waals surface area (Å²) in [6, 6.07) is 27.6. The summed E-state index contributed by atoms with van der Waals surface area (Å²) in [6.07, 6.45) is -1.91. The summed E-state index contributed by atoms with van der Waals surface area (Å²) in [4.78, 5) is 2.81. The van der Waals surface area contributed by atoms with Crippen molar-refractivity contribution >= 4 is 0 Å². The van der Waals surface area contributed by atoms with Crippen LogP contribution in [0.15, 0.2) is 90.0 Å². The lowest BCUT2D eigenvalue weighted by molar-refractivity contribution is -0.270. The Kier molecular flexibility index (Phi) is 9.34. The van der Waals surface area contributed by atoms with Gasteiger partial charge in [-0.1, -0.05) is 77.9 Å². The summed E-state index contributed by atoms with van der Waals surface area (Å²) in [5, 5.41) is 3.61. The molecule has 0 radical (unpaired) electrons. The Morgan fingerprint density at radius 1 is 0.825 bits per heavy atom. The second kappa shape index (κ2) is 13.3. The van der Waals surface area contributed by atoms with Gasteiger partial charge in [-0.15, -0.1) is 0 Å². The van der Waals surface area contributed by atoms with E-state index in [-0.39, 0.29) is 0 Å². The molecule has 2 saturated heterocycles. The van der Waals surface area contributed by atoms with Gasteiger partial charge in [0.2, 0.25) is 6.29 Å². The summed E-state index contributed by atoms with van der Waals surface area (Å²) >= 11 is 0. The van der Waals surface area contributed by atoms with E-state index in [1.54, 1.807) is 0 Å². The summed E-state index contributed by atoms with van der Waals surface area (Å²) in [6.45, 7) is 5.32. The highest BCUT2D eigenvalue weighted by Crippen LogP contribution is 2.39. The van der Waals surface area contributed by atoms with Crippen molar-refractivity contribution in [3.63, 3.8) is 0 Å². The van der Waals surface area contributed by atoms with Gasteiger partial charge in [-0.25, -0.2) is 0 Å². The lowest BCUT2D eigenvalue weighted by atomic mass is 9.99. The van der Waals surface area contributed by atoms with Gasteiger partial charge in [-0.3, -0.25) is 0 Å². The third-order valence-electron chi connectivity index (χ3n) is 6.85. The lowest BCUT2D eigenvalue weighted by Crippen LogP contribution is -2.59. The van der Waals surface area contributed by atoms with Crippen LogP contribution in [0.4, 0.5) is 0 Å². The topological polar surface area (TPSA) is 104 Å². The first-order valence-corrected chi connectivity index (χ1v) is 13.6. The van der Waals surface area contributed by atoms with Crippen molar-refractivity contribution in [1.82, 2.24) is 0 Å². The molecule has 2 fully saturated rings. The van der Waals surface area contributed by atoms with E-state index in [4.69, 9.17) is 34.0 Å². The van der Waals surface area contributed by atoms with E-state index in [9.17, 15) is 0 Å². The molecule has 0 N–H and O–H groups in total. The van der Waals surface area contributed by atoms with Crippen LogP contribution in [-0.2, 0) is 43.3 Å². The van der Waals surface area contributed by atoms with Crippen LogP contribution in [0.5, 0.6) is 5.75 Å². The fourth-order valence-electron chi connectivity index (χ4n) is 4.97. The summed E-state index contributed by atoms with van der Waals surface area (Å²) in [7, 11) is 0. The van der Waals surface area contributed by atoms with E-state index in [0.717, 1.165) is 16.7 Å². The second-order valence-corrected chi connectivity index (χ2v) is 10.3. The van der Waals surface area contributed by atoms with Crippen molar-refractivity contribution in [2.24, 2.45) is 5.11 Å². The third kappa shape index (κ3) is 7.40. The van der Waals surface area contributed by atoms with E-state index in [0.29, 0.717) is 38.5 Å². The van der Waals surface area contributed by atoms with Crippen molar-refractivity contribution in [2.75, 3.05) is 13.2 Å². The molecule has 9 nitrogen and oxygen atoms in total. The van der Waals surface area contributed by atoms with Crippen molar-refractivity contribution in [3.05, 3.63) is 112 Å². The molecule has 3 aromatic carbocycles.